The summed E-state index contributed by atoms with van der Waals surface area (Å²) in [7, 11) is 0. The third kappa shape index (κ3) is 4.53. The molecule has 2 aliphatic heterocycles. The Labute approximate surface area is 212 Å². The number of benzene rings is 2. The molecule has 184 valence electrons. The molecule has 3 aliphatic rings. The number of nitrogens with one attached hydrogen (secondary N) is 2. The standard InChI is InChI=1S/C30H32N4O2/c31-29(23-7-8-27-28(17-23)36-14-11-33-30(27)35)25-16-24(18-32-19-25)21-6-5-20-9-12-34(13-10-22(20)15-21)26-3-1-2-4-26/h5-8,15-19,26,31H,1-4,9-14H2,(H,33,35). The van der Waals surface area contributed by atoms with E-state index < -0.39 is 0 Å². The Hall–Kier alpha value is -3.51. The number of hydrogen-bond donors (Lipinski definition) is 2. The summed E-state index contributed by atoms with van der Waals surface area (Å²) in [5.74, 6) is 0.382. The maximum Gasteiger partial charge on any atom is 0.255 e. The molecule has 36 heavy (non-hydrogen) atoms. The number of fused-ring (bicyclic) bond motifs is 2. The van der Waals surface area contributed by atoms with Crippen LogP contribution in [0.5, 0.6) is 5.75 Å². The Balaban J connectivity index is 1.23. The molecule has 0 spiro atoms. The number of nitrogens with zero attached hydrogens (tertiary/aromatic N) is 2. The van der Waals surface area contributed by atoms with E-state index in [1.54, 1.807) is 24.4 Å². The van der Waals surface area contributed by atoms with Gasteiger partial charge in [0, 0.05) is 48.2 Å². The van der Waals surface area contributed by atoms with Crippen LogP contribution >= 0.6 is 0 Å². The van der Waals surface area contributed by atoms with E-state index in [-0.39, 0.29) is 5.91 Å². The minimum atomic E-state index is -0.140. The third-order valence-electron chi connectivity index (χ3n) is 7.90. The molecule has 0 bridgehead atoms. The molecule has 0 atom stereocenters. The minimum absolute atomic E-state index is 0.140. The van der Waals surface area contributed by atoms with Crippen LogP contribution in [-0.2, 0) is 12.8 Å². The highest BCUT2D eigenvalue weighted by atomic mass is 16.5. The zero-order valence-corrected chi connectivity index (χ0v) is 20.6. The summed E-state index contributed by atoms with van der Waals surface area (Å²) in [6.07, 6.45) is 11.3. The maximum atomic E-state index is 12.2. The molecule has 0 saturated heterocycles. The van der Waals surface area contributed by atoms with Gasteiger partial charge in [-0.1, -0.05) is 37.1 Å². The van der Waals surface area contributed by atoms with Crippen LogP contribution in [0.25, 0.3) is 11.1 Å². The first-order valence-corrected chi connectivity index (χ1v) is 13.1. The van der Waals surface area contributed by atoms with E-state index >= 15 is 0 Å². The minimum Gasteiger partial charge on any atom is -0.491 e. The lowest BCUT2D eigenvalue weighted by atomic mass is 9.95. The fourth-order valence-corrected chi connectivity index (χ4v) is 5.86. The van der Waals surface area contributed by atoms with Crippen molar-refractivity contribution in [2.24, 2.45) is 0 Å². The predicted molar refractivity (Wildman–Crippen MR) is 141 cm³/mol. The second kappa shape index (κ2) is 9.86. The summed E-state index contributed by atoms with van der Waals surface area (Å²) in [5.41, 5.74) is 7.38. The van der Waals surface area contributed by atoms with Gasteiger partial charge in [-0.3, -0.25) is 20.1 Å². The van der Waals surface area contributed by atoms with Crippen molar-refractivity contribution in [2.45, 2.75) is 44.6 Å². The van der Waals surface area contributed by atoms with Crippen molar-refractivity contribution in [2.75, 3.05) is 26.2 Å². The van der Waals surface area contributed by atoms with Gasteiger partial charge in [0.15, 0.2) is 0 Å². The van der Waals surface area contributed by atoms with Crippen LogP contribution < -0.4 is 10.1 Å². The number of rotatable bonds is 4. The van der Waals surface area contributed by atoms with Crippen LogP contribution in [0.4, 0.5) is 0 Å². The molecule has 1 saturated carbocycles. The largest absolute Gasteiger partial charge is 0.491 e. The topological polar surface area (TPSA) is 78.3 Å². The highest BCUT2D eigenvalue weighted by Crippen LogP contribution is 2.30. The molecule has 1 aliphatic carbocycles. The number of carbonyl (C=O) groups excluding carboxylic acids is 1. The normalized spacial score (nSPS) is 18.4. The molecule has 6 heteroatoms. The Morgan fingerprint density at radius 3 is 2.64 bits per heavy atom. The lowest BCUT2D eigenvalue weighted by molar-refractivity contribution is 0.0957. The molecule has 1 fully saturated rings. The summed E-state index contributed by atoms with van der Waals surface area (Å²) in [6, 6.07) is 15.0. The van der Waals surface area contributed by atoms with Crippen molar-refractivity contribution >= 4 is 11.6 Å². The van der Waals surface area contributed by atoms with E-state index in [1.165, 1.54) is 36.8 Å². The van der Waals surface area contributed by atoms with Crippen LogP contribution in [0.1, 0.15) is 58.3 Å². The van der Waals surface area contributed by atoms with Crippen LogP contribution in [0.3, 0.4) is 0 Å². The zero-order chi connectivity index (χ0) is 24.5. The lowest BCUT2D eigenvalue weighted by Crippen LogP contribution is -2.35. The molecule has 6 nitrogen and oxygen atoms in total. The molecule has 2 aromatic carbocycles. The first kappa shape index (κ1) is 22.9. The van der Waals surface area contributed by atoms with Gasteiger partial charge in [0.05, 0.1) is 17.8 Å². The Morgan fingerprint density at radius 1 is 0.944 bits per heavy atom. The average molecular weight is 481 g/mol. The quantitative estimate of drug-likeness (QED) is 0.534. The van der Waals surface area contributed by atoms with Gasteiger partial charge in [0.1, 0.15) is 12.4 Å². The number of ether oxygens (including phenoxy) is 1. The molecule has 3 heterocycles. The average Bonchev–Trinajstić information content (AvgIpc) is 3.29. The molecule has 3 aromatic rings. The van der Waals surface area contributed by atoms with Crippen LogP contribution in [0, 0.1) is 5.41 Å². The number of pyridine rings is 1. The summed E-state index contributed by atoms with van der Waals surface area (Å²) in [5, 5.41) is 11.7. The molecular formula is C30H32N4O2. The smallest absolute Gasteiger partial charge is 0.255 e. The van der Waals surface area contributed by atoms with Crippen molar-refractivity contribution in [1.29, 1.82) is 5.41 Å². The summed E-state index contributed by atoms with van der Waals surface area (Å²) in [4.78, 5) is 19.4. The zero-order valence-electron chi connectivity index (χ0n) is 20.6. The van der Waals surface area contributed by atoms with Gasteiger partial charge in [-0.2, -0.15) is 0 Å². The Morgan fingerprint density at radius 2 is 1.78 bits per heavy atom. The molecule has 0 radical (unpaired) electrons. The summed E-state index contributed by atoms with van der Waals surface area (Å²) in [6.45, 7) is 3.20. The van der Waals surface area contributed by atoms with Gasteiger partial charge >= 0.3 is 0 Å². The highest BCUT2D eigenvalue weighted by molar-refractivity contribution is 6.12. The summed E-state index contributed by atoms with van der Waals surface area (Å²) >= 11 is 0. The second-order valence-electron chi connectivity index (χ2n) is 10.1. The second-order valence-corrected chi connectivity index (χ2v) is 10.1. The van der Waals surface area contributed by atoms with E-state index in [2.05, 4.69) is 33.4 Å². The number of carbonyl (C=O) groups is 1. The maximum absolute atomic E-state index is 12.2. The SMILES string of the molecule is N=C(c1cncc(-c2ccc3c(c2)CCN(C2CCCC2)CC3)c1)c1ccc2c(c1)OCCNC2=O. The van der Waals surface area contributed by atoms with Crippen molar-refractivity contribution in [3.63, 3.8) is 0 Å². The van der Waals surface area contributed by atoms with Gasteiger partial charge in [-0.25, -0.2) is 0 Å². The van der Waals surface area contributed by atoms with Gasteiger partial charge in [0.25, 0.3) is 5.91 Å². The van der Waals surface area contributed by atoms with Crippen LogP contribution in [0.15, 0.2) is 54.9 Å². The molecule has 1 amide bonds. The van der Waals surface area contributed by atoms with Crippen LogP contribution in [0.2, 0.25) is 0 Å². The van der Waals surface area contributed by atoms with Gasteiger partial charge in [-0.15, -0.1) is 0 Å². The monoisotopic (exact) mass is 480 g/mol. The molecule has 2 N–H and O–H groups in total. The predicted octanol–water partition coefficient (Wildman–Crippen LogP) is 4.63. The fourth-order valence-electron chi connectivity index (χ4n) is 5.86. The Bertz CT molecular complexity index is 1310. The number of amides is 1. The molecule has 6 rings (SSSR count). The lowest BCUT2D eigenvalue weighted by Gasteiger charge is -2.26. The van der Waals surface area contributed by atoms with Gasteiger partial charge < -0.3 is 10.1 Å². The van der Waals surface area contributed by atoms with Crippen molar-refractivity contribution in [3.8, 4) is 16.9 Å². The van der Waals surface area contributed by atoms with E-state index in [0.717, 1.165) is 48.7 Å². The molecular weight excluding hydrogens is 448 g/mol. The van der Waals surface area contributed by atoms with Crippen molar-refractivity contribution < 1.29 is 9.53 Å². The highest BCUT2D eigenvalue weighted by Gasteiger charge is 2.24. The van der Waals surface area contributed by atoms with E-state index in [1.807, 2.05) is 12.3 Å². The first-order chi connectivity index (χ1) is 17.7. The Kier molecular flexibility index (Phi) is 6.28. The van der Waals surface area contributed by atoms with Crippen molar-refractivity contribution in [1.82, 2.24) is 15.2 Å². The van der Waals surface area contributed by atoms with Crippen LogP contribution in [-0.4, -0.2) is 53.8 Å². The third-order valence-corrected chi connectivity index (χ3v) is 7.90. The van der Waals surface area contributed by atoms with E-state index in [0.29, 0.717) is 35.7 Å². The fraction of sp³-hybridized carbons (Fsp3) is 0.367. The molecule has 1 aromatic heterocycles. The summed E-state index contributed by atoms with van der Waals surface area (Å²) < 4.78 is 5.74. The number of hydrogen-bond acceptors (Lipinski definition) is 5. The first-order valence-electron chi connectivity index (χ1n) is 13.1. The van der Waals surface area contributed by atoms with E-state index in [4.69, 9.17) is 10.1 Å². The van der Waals surface area contributed by atoms with E-state index in [9.17, 15) is 4.79 Å². The van der Waals surface area contributed by atoms with Crippen molar-refractivity contribution in [3.05, 3.63) is 82.7 Å². The molecule has 0 unspecified atom stereocenters. The van der Waals surface area contributed by atoms with Gasteiger partial charge in [-0.05, 0) is 60.6 Å². The number of aromatic nitrogens is 1. The van der Waals surface area contributed by atoms with Gasteiger partial charge in [0.2, 0.25) is 0 Å².